The maximum absolute atomic E-state index is 5.80. The molecule has 0 heterocycles. The maximum atomic E-state index is 5.80. The Hall–Kier alpha value is -1.51. The van der Waals surface area contributed by atoms with Crippen LogP contribution in [0.3, 0.4) is 0 Å². The predicted octanol–water partition coefficient (Wildman–Crippen LogP) is 2.19. The molecule has 3 N–H and O–H groups in total. The van der Waals surface area contributed by atoms with Crippen molar-refractivity contribution in [2.24, 2.45) is 10.7 Å². The molecule has 1 aliphatic rings. The molecule has 80 valence electrons. The molecule has 15 heavy (non-hydrogen) atoms. The first-order valence-electron chi connectivity index (χ1n) is 5.33. The molecular formula is C12H17N3. The summed E-state index contributed by atoms with van der Waals surface area (Å²) >= 11 is 0. The van der Waals surface area contributed by atoms with E-state index in [-0.39, 0.29) is 0 Å². The van der Waals surface area contributed by atoms with Gasteiger partial charge in [0, 0.05) is 5.69 Å². The minimum atomic E-state index is 0.461. The lowest BCUT2D eigenvalue weighted by molar-refractivity contribution is 1.06. The van der Waals surface area contributed by atoms with Gasteiger partial charge in [0.25, 0.3) is 0 Å². The largest absolute Gasteiger partial charge is 0.370 e. The molecule has 0 aromatic heterocycles. The van der Waals surface area contributed by atoms with Gasteiger partial charge in [-0.1, -0.05) is 12.1 Å². The van der Waals surface area contributed by atoms with Crippen LogP contribution in [0, 0.1) is 13.8 Å². The topological polar surface area (TPSA) is 50.4 Å². The summed E-state index contributed by atoms with van der Waals surface area (Å²) < 4.78 is 0. The normalized spacial score (nSPS) is 16.5. The number of guanidine groups is 1. The van der Waals surface area contributed by atoms with Crippen molar-refractivity contribution in [2.75, 3.05) is 5.32 Å². The Morgan fingerprint density at radius 3 is 2.80 bits per heavy atom. The molecule has 3 heteroatoms. The Kier molecular flexibility index (Phi) is 2.62. The average Bonchev–Trinajstić information content (AvgIpc) is 2.95. The summed E-state index contributed by atoms with van der Waals surface area (Å²) in [6.07, 6.45) is 2.35. The summed E-state index contributed by atoms with van der Waals surface area (Å²) in [5.41, 5.74) is 9.27. The molecule has 0 atom stereocenters. The monoisotopic (exact) mass is 203 g/mol. The number of aryl methyl sites for hydroxylation is 2. The van der Waals surface area contributed by atoms with E-state index in [4.69, 9.17) is 5.73 Å². The van der Waals surface area contributed by atoms with Crippen molar-refractivity contribution in [2.45, 2.75) is 32.7 Å². The van der Waals surface area contributed by atoms with E-state index in [0.29, 0.717) is 12.0 Å². The molecule has 1 saturated carbocycles. The summed E-state index contributed by atoms with van der Waals surface area (Å²) in [6.45, 7) is 4.13. The Morgan fingerprint density at radius 2 is 2.13 bits per heavy atom. The van der Waals surface area contributed by atoms with Gasteiger partial charge in [-0.25, -0.2) is 4.99 Å². The number of aliphatic imine (C=N–C) groups is 1. The molecule has 0 spiro atoms. The summed E-state index contributed by atoms with van der Waals surface area (Å²) in [6, 6.07) is 6.73. The van der Waals surface area contributed by atoms with Gasteiger partial charge in [-0.2, -0.15) is 0 Å². The first-order chi connectivity index (χ1) is 7.15. The number of benzene rings is 1. The zero-order valence-corrected chi connectivity index (χ0v) is 9.25. The fourth-order valence-electron chi connectivity index (χ4n) is 1.44. The van der Waals surface area contributed by atoms with E-state index in [9.17, 15) is 0 Å². The predicted molar refractivity (Wildman–Crippen MR) is 64.2 cm³/mol. The summed E-state index contributed by atoms with van der Waals surface area (Å²) in [4.78, 5) is 4.34. The number of nitrogens with zero attached hydrogens (tertiary/aromatic N) is 1. The van der Waals surface area contributed by atoms with E-state index in [1.807, 2.05) is 0 Å². The van der Waals surface area contributed by atoms with Gasteiger partial charge in [-0.3, -0.25) is 0 Å². The minimum Gasteiger partial charge on any atom is -0.370 e. The van der Waals surface area contributed by atoms with Crippen LogP contribution in [0.2, 0.25) is 0 Å². The number of nitrogens with one attached hydrogen (secondary N) is 1. The smallest absolute Gasteiger partial charge is 0.193 e. The summed E-state index contributed by atoms with van der Waals surface area (Å²) in [5, 5.41) is 3.15. The van der Waals surface area contributed by atoms with Gasteiger partial charge < -0.3 is 11.1 Å². The van der Waals surface area contributed by atoms with E-state index in [0.717, 1.165) is 5.69 Å². The summed E-state index contributed by atoms with van der Waals surface area (Å²) in [7, 11) is 0. The molecule has 0 amide bonds. The van der Waals surface area contributed by atoms with Gasteiger partial charge in [0.05, 0.1) is 6.04 Å². The third kappa shape index (κ3) is 2.72. The van der Waals surface area contributed by atoms with Crippen LogP contribution in [0.5, 0.6) is 0 Å². The number of anilines is 1. The zero-order valence-electron chi connectivity index (χ0n) is 9.25. The fraction of sp³-hybridized carbons (Fsp3) is 0.417. The third-order valence-electron chi connectivity index (χ3n) is 2.52. The first-order valence-corrected chi connectivity index (χ1v) is 5.33. The molecule has 1 aliphatic carbocycles. The fourth-order valence-corrected chi connectivity index (χ4v) is 1.44. The van der Waals surface area contributed by atoms with Crippen LogP contribution in [0.1, 0.15) is 24.0 Å². The molecule has 0 saturated heterocycles. The standard InChI is InChI=1S/C12H17N3/c1-8-3-4-9(2)11(7-8)15-12(13)14-10-5-6-10/h3-4,7,10H,5-6H2,1-2H3,(H3,13,14,15). The molecule has 0 radical (unpaired) electrons. The quantitative estimate of drug-likeness (QED) is 0.572. The van der Waals surface area contributed by atoms with Crippen LogP contribution in [0.25, 0.3) is 0 Å². The van der Waals surface area contributed by atoms with Crippen LogP contribution in [-0.2, 0) is 0 Å². The average molecular weight is 203 g/mol. The third-order valence-corrected chi connectivity index (χ3v) is 2.52. The van der Waals surface area contributed by atoms with Crippen molar-refractivity contribution < 1.29 is 0 Å². The Labute approximate surface area is 90.4 Å². The van der Waals surface area contributed by atoms with Crippen LogP contribution in [0.15, 0.2) is 23.2 Å². The Bertz CT molecular complexity index is 392. The second-order valence-corrected chi connectivity index (χ2v) is 4.19. The van der Waals surface area contributed by atoms with Crippen molar-refractivity contribution in [3.8, 4) is 0 Å². The summed E-state index contributed by atoms with van der Waals surface area (Å²) in [5.74, 6) is 0.534. The lowest BCUT2D eigenvalue weighted by Crippen LogP contribution is -2.23. The molecule has 1 aromatic rings. The van der Waals surface area contributed by atoms with Gasteiger partial charge in [0.2, 0.25) is 0 Å². The number of rotatable bonds is 2. The highest BCUT2D eigenvalue weighted by Gasteiger charge is 2.20. The lowest BCUT2D eigenvalue weighted by atomic mass is 10.1. The van der Waals surface area contributed by atoms with Gasteiger partial charge in [-0.15, -0.1) is 0 Å². The highest BCUT2D eigenvalue weighted by Crippen LogP contribution is 2.23. The van der Waals surface area contributed by atoms with Crippen molar-refractivity contribution in [3.63, 3.8) is 0 Å². The number of hydrogen-bond acceptors (Lipinski definition) is 1. The van der Waals surface area contributed by atoms with Crippen LogP contribution < -0.4 is 11.1 Å². The first kappa shape index (κ1) is 10.0. The highest BCUT2D eigenvalue weighted by atomic mass is 15.1. The van der Waals surface area contributed by atoms with E-state index in [2.05, 4.69) is 42.4 Å². The lowest BCUT2D eigenvalue weighted by Gasteiger charge is -2.09. The van der Waals surface area contributed by atoms with E-state index in [1.165, 1.54) is 24.0 Å². The van der Waals surface area contributed by atoms with E-state index in [1.54, 1.807) is 0 Å². The molecule has 3 nitrogen and oxygen atoms in total. The molecule has 1 fully saturated rings. The maximum Gasteiger partial charge on any atom is 0.193 e. The molecular weight excluding hydrogens is 186 g/mol. The van der Waals surface area contributed by atoms with E-state index >= 15 is 0 Å². The van der Waals surface area contributed by atoms with Gasteiger partial charge in [-0.05, 0) is 43.9 Å². The molecule has 0 aliphatic heterocycles. The number of hydrogen-bond donors (Lipinski definition) is 2. The highest BCUT2D eigenvalue weighted by molar-refractivity contribution is 5.93. The second kappa shape index (κ2) is 3.93. The van der Waals surface area contributed by atoms with E-state index < -0.39 is 0 Å². The SMILES string of the molecule is Cc1ccc(C)c(NC(N)=NC2CC2)c1. The van der Waals surface area contributed by atoms with Gasteiger partial charge in [0.1, 0.15) is 0 Å². The molecule has 1 aromatic carbocycles. The molecule has 0 unspecified atom stereocenters. The van der Waals surface area contributed by atoms with Crippen molar-refractivity contribution in [1.82, 2.24) is 0 Å². The zero-order chi connectivity index (χ0) is 10.8. The van der Waals surface area contributed by atoms with Gasteiger partial charge in [0.15, 0.2) is 5.96 Å². The minimum absolute atomic E-state index is 0.461. The number of nitrogens with two attached hydrogens (primary N) is 1. The van der Waals surface area contributed by atoms with Crippen molar-refractivity contribution >= 4 is 11.6 Å². The van der Waals surface area contributed by atoms with Crippen LogP contribution in [-0.4, -0.2) is 12.0 Å². The van der Waals surface area contributed by atoms with Gasteiger partial charge >= 0.3 is 0 Å². The molecule has 0 bridgehead atoms. The van der Waals surface area contributed by atoms with Crippen molar-refractivity contribution in [3.05, 3.63) is 29.3 Å². The molecule has 2 rings (SSSR count). The second-order valence-electron chi connectivity index (χ2n) is 4.19. The van der Waals surface area contributed by atoms with Crippen LogP contribution in [0.4, 0.5) is 5.69 Å². The Morgan fingerprint density at radius 1 is 1.40 bits per heavy atom. The van der Waals surface area contributed by atoms with Crippen molar-refractivity contribution in [1.29, 1.82) is 0 Å². The Balaban J connectivity index is 2.11. The van der Waals surface area contributed by atoms with Crippen LogP contribution >= 0.6 is 0 Å².